The van der Waals surface area contributed by atoms with Crippen molar-refractivity contribution in [3.63, 3.8) is 0 Å². The van der Waals surface area contributed by atoms with E-state index in [9.17, 15) is 53.1 Å². The lowest BCUT2D eigenvalue weighted by Gasteiger charge is -2.25. The number of aromatic hydroxyl groups is 1. The fourth-order valence-electron chi connectivity index (χ4n) is 10.3. The van der Waals surface area contributed by atoms with Crippen LogP contribution in [0.25, 0.3) is 16.4 Å². The molecule has 0 saturated heterocycles. The first-order valence-corrected chi connectivity index (χ1v) is 31.4. The molecule has 11 amide bonds. The second kappa shape index (κ2) is 34.2. The number of amides is 11. The third-order valence-corrected chi connectivity index (χ3v) is 15.9. The van der Waals surface area contributed by atoms with Crippen LogP contribution in [0.5, 0.6) is 11.5 Å². The lowest BCUT2D eigenvalue weighted by atomic mass is 9.92. The summed E-state index contributed by atoms with van der Waals surface area (Å²) in [6, 6.07) is 19.8. The zero-order chi connectivity index (χ0) is 69.0. The van der Waals surface area contributed by atoms with Gasteiger partial charge in [0, 0.05) is 99.3 Å². The largest absolute Gasteiger partial charge is 0.508 e. The summed E-state index contributed by atoms with van der Waals surface area (Å²) in [4.78, 5) is 139. The number of aryl methyl sites for hydroxylation is 1. The van der Waals surface area contributed by atoms with Gasteiger partial charge in [0.1, 0.15) is 48.1 Å². The second-order valence-electron chi connectivity index (χ2n) is 22.8. The third-order valence-electron chi connectivity index (χ3n) is 15.5. The third kappa shape index (κ3) is 19.4. The van der Waals surface area contributed by atoms with Crippen LogP contribution in [0.3, 0.4) is 0 Å². The lowest BCUT2D eigenvalue weighted by molar-refractivity contribution is -0.137. The molecule has 30 heteroatoms. The molecule has 29 nitrogen and oxygen atoms in total. The Morgan fingerprint density at radius 3 is 2.08 bits per heavy atom. The van der Waals surface area contributed by atoms with E-state index in [-0.39, 0.29) is 139 Å². The Morgan fingerprint density at radius 1 is 0.760 bits per heavy atom. The van der Waals surface area contributed by atoms with Gasteiger partial charge >= 0.3 is 24.3 Å². The summed E-state index contributed by atoms with van der Waals surface area (Å²) in [6.07, 6.45) is 3.58. The van der Waals surface area contributed by atoms with Crippen molar-refractivity contribution in [2.24, 2.45) is 11.7 Å². The van der Waals surface area contributed by atoms with Crippen LogP contribution >= 0.6 is 11.6 Å². The minimum absolute atomic E-state index is 0.0280. The molecule has 0 radical (unpaired) electrons. The fourth-order valence-corrected chi connectivity index (χ4v) is 10.6. The first-order valence-electron chi connectivity index (χ1n) is 30.9. The van der Waals surface area contributed by atoms with Crippen LogP contribution in [-0.2, 0) is 49.5 Å². The Hall–Kier alpha value is -10.4. The number of likely N-dealkylation sites (N-methyl/N-ethyl adjacent to an activating group) is 2. The number of halogens is 1. The second-order valence-corrected chi connectivity index (χ2v) is 23.1. The van der Waals surface area contributed by atoms with Crippen molar-refractivity contribution in [1.29, 1.82) is 0 Å². The summed E-state index contributed by atoms with van der Waals surface area (Å²) in [5.41, 5.74) is 9.66. The minimum atomic E-state index is -1.14. The molecule has 0 spiro atoms. The van der Waals surface area contributed by atoms with E-state index in [2.05, 4.69) is 31.6 Å². The molecule has 6 aromatic rings. The van der Waals surface area contributed by atoms with E-state index in [1.54, 1.807) is 78.0 Å². The average molecular weight is 1350 g/mol. The number of imide groups is 1. The number of anilines is 3. The van der Waals surface area contributed by atoms with Gasteiger partial charge in [0.2, 0.25) is 11.8 Å². The molecular formula is C66H77ClN12O17. The normalized spacial score (nSPS) is 13.9. The van der Waals surface area contributed by atoms with Crippen LogP contribution in [0.4, 0.5) is 36.2 Å². The van der Waals surface area contributed by atoms with E-state index in [1.807, 2.05) is 25.1 Å². The number of fused-ring (bicyclic) bond motifs is 4. The number of primary amides is 1. The smallest absolute Gasteiger partial charge is 0.415 e. The molecule has 3 atom stereocenters. The Balaban J connectivity index is 0.786. The van der Waals surface area contributed by atoms with Crippen LogP contribution in [0.2, 0.25) is 0 Å². The summed E-state index contributed by atoms with van der Waals surface area (Å²) in [7, 11) is 3.02. The number of phenols is 1. The molecule has 2 aliphatic rings. The molecule has 4 heterocycles. The monoisotopic (exact) mass is 1340 g/mol. The maximum absolute atomic E-state index is 14.5. The number of alkyl halides is 1. The van der Waals surface area contributed by atoms with Crippen LogP contribution in [0.1, 0.15) is 70.1 Å². The number of ether oxygens (including phenoxy) is 6. The number of alkyl carbamates (subject to hydrolysis) is 1. The number of urea groups is 1. The topological polar surface area (TPSA) is 363 Å². The highest BCUT2D eigenvalue weighted by molar-refractivity contribution is 6.19. The first kappa shape index (κ1) is 71.5. The number of nitrogens with zero attached hydrogens (tertiary/aromatic N) is 6. The van der Waals surface area contributed by atoms with Crippen molar-refractivity contribution in [2.45, 2.75) is 58.2 Å². The van der Waals surface area contributed by atoms with Gasteiger partial charge in [-0.1, -0.05) is 44.2 Å². The van der Waals surface area contributed by atoms with Crippen molar-refractivity contribution >= 4 is 105 Å². The van der Waals surface area contributed by atoms with Gasteiger partial charge in [-0.15, -0.1) is 11.6 Å². The molecule has 8 rings (SSSR count). The van der Waals surface area contributed by atoms with Crippen LogP contribution < -0.4 is 42.0 Å². The highest BCUT2D eigenvalue weighted by atomic mass is 35.5. The SMILES string of the molecule is Cc1cccc2c(OC(=O)N(C)CCN(C)C(=O)OCc3ccc(NC(=O)[C@H](CCCNC(N)=O)NC(=O)[C@@H](NC(=O)OCCOCCOCCOCCN4C(=O)C=CC4=O)C(C)C)cc3)cc3c(c12)[C@H](CCl)CN3C(=O)c1cn2cc(NC(=O)c3ccc(O)cc3)ccc2n1. The number of hydrogen-bond acceptors (Lipinski definition) is 18. The molecule has 0 fully saturated rings. The van der Waals surface area contributed by atoms with Gasteiger partial charge in [-0.25, -0.2) is 24.2 Å². The molecule has 4 aromatic carbocycles. The first-order chi connectivity index (χ1) is 46.1. The van der Waals surface area contributed by atoms with Gasteiger partial charge in [0.05, 0.1) is 57.6 Å². The Morgan fingerprint density at radius 2 is 1.42 bits per heavy atom. The van der Waals surface area contributed by atoms with Gasteiger partial charge in [-0.05, 0) is 96.3 Å². The molecular weight excluding hydrogens is 1270 g/mol. The number of pyridine rings is 1. The van der Waals surface area contributed by atoms with Crippen molar-refractivity contribution in [3.05, 3.63) is 137 Å². The Labute approximate surface area is 557 Å². The zero-order valence-electron chi connectivity index (χ0n) is 53.6. The number of carbonyl (C=O) groups excluding carboxylic acids is 10. The van der Waals surface area contributed by atoms with E-state index < -0.39 is 65.9 Å². The van der Waals surface area contributed by atoms with Gasteiger partial charge in [0.15, 0.2) is 0 Å². The van der Waals surface area contributed by atoms with Crippen molar-refractivity contribution in [1.82, 2.24) is 40.0 Å². The van der Waals surface area contributed by atoms with E-state index in [4.69, 9.17) is 45.8 Å². The number of phenolic OH excluding ortho intramolecular Hbond substituents is 1. The lowest BCUT2D eigenvalue weighted by Crippen LogP contribution is -2.54. The maximum atomic E-state index is 14.5. The molecule has 0 saturated carbocycles. The molecule has 0 unspecified atom stereocenters. The number of nitrogens with two attached hydrogens (primary N) is 1. The number of hydrogen-bond donors (Lipinski definition) is 7. The predicted molar refractivity (Wildman–Crippen MR) is 352 cm³/mol. The number of rotatable bonds is 32. The summed E-state index contributed by atoms with van der Waals surface area (Å²) in [5, 5.41) is 24.3. The molecule has 96 heavy (non-hydrogen) atoms. The number of benzene rings is 4. The molecule has 0 bridgehead atoms. The van der Waals surface area contributed by atoms with Gasteiger partial charge in [-0.3, -0.25) is 33.7 Å². The van der Waals surface area contributed by atoms with Crippen molar-refractivity contribution in [2.75, 3.05) is 114 Å². The van der Waals surface area contributed by atoms with Crippen molar-refractivity contribution in [3.8, 4) is 11.5 Å². The van der Waals surface area contributed by atoms with E-state index in [1.165, 1.54) is 60.3 Å². The summed E-state index contributed by atoms with van der Waals surface area (Å²) < 4.78 is 34.8. The van der Waals surface area contributed by atoms with Crippen LogP contribution in [-0.4, -0.2) is 200 Å². The van der Waals surface area contributed by atoms with E-state index in [0.717, 1.165) is 21.4 Å². The van der Waals surface area contributed by atoms with Gasteiger partial charge in [0.25, 0.3) is 23.6 Å². The Bertz CT molecular complexity index is 3830. The average Bonchev–Trinajstić information content (AvgIpc) is 1.69. The summed E-state index contributed by atoms with van der Waals surface area (Å²) >= 11 is 6.61. The van der Waals surface area contributed by atoms with Crippen LogP contribution in [0.15, 0.2) is 109 Å². The number of imidazole rings is 1. The number of carbonyl (C=O) groups is 10. The summed E-state index contributed by atoms with van der Waals surface area (Å²) in [5.74, 6) is -3.19. The highest BCUT2D eigenvalue weighted by Crippen LogP contribution is 2.47. The van der Waals surface area contributed by atoms with E-state index in [0.29, 0.717) is 39.2 Å². The molecule has 510 valence electrons. The van der Waals surface area contributed by atoms with Crippen LogP contribution in [0, 0.1) is 12.8 Å². The fraction of sp³-hybridized carbons (Fsp3) is 0.379. The summed E-state index contributed by atoms with van der Waals surface area (Å²) in [6.45, 7) is 6.65. The molecule has 8 N–H and O–H groups in total. The molecule has 0 aliphatic carbocycles. The zero-order valence-corrected chi connectivity index (χ0v) is 54.4. The Kier molecular flexibility index (Phi) is 25.4. The standard InChI is InChI=1S/C66H77ClN12O17/c1-40(2)58(74-64(88)94-33-32-93-31-30-92-29-28-91-27-26-78-54(81)21-22-55(78)82)61(85)73-49(10-7-23-69-63(68)87)60(84)70-45-15-11-42(12-16-45)39-95-65(89)75(4)24-25-76(5)66(90)96-52-34-51-57(56-41(3)8-6-9-48(52)56)44(35-67)36-79(51)62(86)50-38-77-37-46(17-20-53(77)72-50)71-59(83)43-13-18-47(80)19-14-43/h6,8-9,11-22,34,37-38,40,44,49,58,80H,7,10,23-33,35-36,39H2,1-5H3,(H,70,84)(H,71,83)(H,73,85)(H,74,88)(H3,68,69,87)/t44-,49+,58+/m1/s1. The molecule has 2 aromatic heterocycles. The van der Waals surface area contributed by atoms with Crippen molar-refractivity contribution < 1.29 is 81.5 Å². The quantitative estimate of drug-likeness (QED) is 0.0144. The molecule has 2 aliphatic heterocycles. The number of aromatic nitrogens is 2. The predicted octanol–water partition coefficient (Wildman–Crippen LogP) is 6.03. The maximum Gasteiger partial charge on any atom is 0.415 e. The number of nitrogens with one attached hydrogen (secondary N) is 5. The van der Waals surface area contributed by atoms with Gasteiger partial charge in [-0.2, -0.15) is 0 Å². The highest BCUT2D eigenvalue weighted by Gasteiger charge is 2.37. The van der Waals surface area contributed by atoms with Gasteiger partial charge < -0.3 is 84.9 Å². The van der Waals surface area contributed by atoms with E-state index >= 15 is 0 Å². The minimum Gasteiger partial charge on any atom is -0.508 e.